The topological polar surface area (TPSA) is 264 Å². The van der Waals surface area contributed by atoms with Crippen LogP contribution in [-0.2, 0) is 43.2 Å². The van der Waals surface area contributed by atoms with Crippen LogP contribution in [0.15, 0.2) is 54.6 Å². The number of likely N-dealkylation sites (N-methyl/N-ethyl adjacent to an activating group) is 1. The van der Waals surface area contributed by atoms with Gasteiger partial charge in [-0.05, 0) is 78.7 Å². The Morgan fingerprint density at radius 3 is 2.18 bits per heavy atom. The number of hydrogen-bond acceptors (Lipinski definition) is 12. The van der Waals surface area contributed by atoms with E-state index in [0.717, 1.165) is 31.2 Å². The lowest BCUT2D eigenvalue weighted by atomic mass is 9.87. The number of amides is 3. The first-order chi connectivity index (χ1) is 31.8. The van der Waals surface area contributed by atoms with Crippen LogP contribution in [0.2, 0.25) is 0 Å². The molecule has 0 saturated heterocycles. The molecule has 1 aliphatic rings. The van der Waals surface area contributed by atoms with Gasteiger partial charge in [0, 0.05) is 74.3 Å². The molecular weight excluding hydrogens is 839 g/mol. The first-order valence-corrected chi connectivity index (χ1v) is 23.3. The predicted octanol–water partition coefficient (Wildman–Crippen LogP) is 5.21. The molecule has 3 aromatic carbocycles. The maximum Gasteiger partial charge on any atom is 0.226 e. The number of carbonyl (C=O) groups is 6. The summed E-state index contributed by atoms with van der Waals surface area (Å²) in [7, 11) is 1.49. The highest BCUT2D eigenvalue weighted by atomic mass is 16.5. The van der Waals surface area contributed by atoms with Gasteiger partial charge in [-0.3, -0.25) is 28.8 Å². The van der Waals surface area contributed by atoms with Crippen LogP contribution in [0.4, 0.5) is 0 Å². The molecule has 0 unspecified atom stereocenters. The molecule has 1 aliphatic heterocycles. The molecule has 15 heteroatoms. The first-order valence-electron chi connectivity index (χ1n) is 23.3. The molecule has 0 aliphatic carbocycles. The Morgan fingerprint density at radius 2 is 1.53 bits per heavy atom. The lowest BCUT2D eigenvalue weighted by molar-refractivity contribution is -0.142. The quantitative estimate of drug-likeness (QED) is 0.0542. The van der Waals surface area contributed by atoms with Gasteiger partial charge in [0.05, 0.1) is 18.5 Å². The second-order valence-electron chi connectivity index (χ2n) is 17.2. The highest BCUT2D eigenvalue weighted by molar-refractivity contribution is 6.01. The zero-order valence-corrected chi connectivity index (χ0v) is 38.9. The molecule has 356 valence electrons. The highest BCUT2D eigenvalue weighted by Crippen LogP contribution is 2.41. The van der Waals surface area contributed by atoms with Crippen molar-refractivity contribution in [3.05, 3.63) is 82.4 Å². The number of nitrogens with two attached hydrogens (primary N) is 4. The largest absolute Gasteiger partial charge is 0.492 e. The van der Waals surface area contributed by atoms with E-state index in [4.69, 9.17) is 32.4 Å². The number of ether oxygens (including phenoxy) is 2. The minimum atomic E-state index is -1.26. The van der Waals surface area contributed by atoms with Crippen molar-refractivity contribution >= 4 is 35.1 Å². The average molecular weight is 908 g/mol. The smallest absolute Gasteiger partial charge is 0.226 e. The van der Waals surface area contributed by atoms with Gasteiger partial charge in [0.1, 0.15) is 30.8 Å². The van der Waals surface area contributed by atoms with Crippen LogP contribution in [0.3, 0.4) is 0 Å². The van der Waals surface area contributed by atoms with Crippen LogP contribution in [0.1, 0.15) is 123 Å². The Labute approximate surface area is 389 Å². The number of nitriles is 1. The Balaban J connectivity index is 1.79. The molecule has 9 N–H and O–H groups in total. The lowest BCUT2D eigenvalue weighted by Gasteiger charge is -2.32. The minimum absolute atomic E-state index is 0.0378. The van der Waals surface area contributed by atoms with E-state index in [2.05, 4.69) is 12.2 Å². The summed E-state index contributed by atoms with van der Waals surface area (Å²) in [5.74, 6) is -3.90. The molecule has 3 aromatic rings. The Hall–Kier alpha value is -5.95. The zero-order chi connectivity index (χ0) is 48.2. The Morgan fingerprint density at radius 1 is 0.864 bits per heavy atom. The third-order valence-electron chi connectivity index (χ3n) is 12.0. The number of aryl methyl sites for hydroxylation is 1. The minimum Gasteiger partial charge on any atom is -0.492 e. The average Bonchev–Trinajstić information content (AvgIpc) is 3.29. The molecule has 0 radical (unpaired) electrons. The SMILES string of the molecule is CCCCCCCCc1ccc(C(=O)C[C@@H](CCN)C(=O)N(C)[C@@H]2C(=O)C[C@@H](C)C(=O)N[C@H](C(=O)CCC#N)Cc3ccc(OCCN)c(c3)-c3cc2ccc3OCCN)c(CC(N)=O)c1. The van der Waals surface area contributed by atoms with Crippen LogP contribution >= 0.6 is 0 Å². The fraction of sp³-hybridized carbons (Fsp3) is 0.510. The molecule has 0 saturated carbocycles. The number of Topliss-reactive ketones (excluding diaryl/α,β-unsaturated/α-hetero) is 3. The maximum atomic E-state index is 14.8. The van der Waals surface area contributed by atoms with Crippen LogP contribution in [-0.4, -0.2) is 85.9 Å². The van der Waals surface area contributed by atoms with E-state index in [0.29, 0.717) is 44.9 Å². The van der Waals surface area contributed by atoms with E-state index in [9.17, 15) is 34.0 Å². The van der Waals surface area contributed by atoms with Crippen molar-refractivity contribution in [1.82, 2.24) is 10.2 Å². The van der Waals surface area contributed by atoms with E-state index < -0.39 is 47.4 Å². The molecule has 4 atom stereocenters. The molecule has 0 fully saturated rings. The highest BCUT2D eigenvalue weighted by Gasteiger charge is 2.36. The fourth-order valence-electron chi connectivity index (χ4n) is 8.49. The second-order valence-corrected chi connectivity index (χ2v) is 17.2. The van der Waals surface area contributed by atoms with Crippen LogP contribution in [0.25, 0.3) is 11.1 Å². The zero-order valence-electron chi connectivity index (χ0n) is 38.9. The van der Waals surface area contributed by atoms with Gasteiger partial charge in [-0.1, -0.05) is 76.3 Å². The number of nitrogens with one attached hydrogen (secondary N) is 1. The fourth-order valence-corrected chi connectivity index (χ4v) is 8.49. The van der Waals surface area contributed by atoms with Crippen molar-refractivity contribution in [2.45, 2.75) is 116 Å². The Bertz CT molecular complexity index is 2200. The third-order valence-corrected chi connectivity index (χ3v) is 12.0. The van der Waals surface area contributed by atoms with E-state index in [1.54, 1.807) is 43.3 Å². The molecule has 0 aromatic heterocycles. The van der Waals surface area contributed by atoms with Crippen molar-refractivity contribution in [3.63, 3.8) is 0 Å². The summed E-state index contributed by atoms with van der Waals surface area (Å²) < 4.78 is 12.2. The second kappa shape index (κ2) is 26.9. The van der Waals surface area contributed by atoms with Gasteiger partial charge in [-0.25, -0.2) is 0 Å². The summed E-state index contributed by atoms with van der Waals surface area (Å²) in [5, 5.41) is 12.1. The monoisotopic (exact) mass is 908 g/mol. The number of rotatable bonds is 25. The molecular formula is C51H69N7O8. The number of ketones is 3. The maximum absolute atomic E-state index is 14.8. The van der Waals surface area contributed by atoms with Crippen molar-refractivity contribution < 1.29 is 38.2 Å². The summed E-state index contributed by atoms with van der Waals surface area (Å²) in [4.78, 5) is 84.6. The molecule has 66 heavy (non-hydrogen) atoms. The lowest BCUT2D eigenvalue weighted by Crippen LogP contribution is -2.46. The van der Waals surface area contributed by atoms with Crippen molar-refractivity contribution in [2.24, 2.45) is 34.8 Å². The molecule has 4 rings (SSSR count). The number of fused-ring (bicyclic) bond motifs is 5. The van der Waals surface area contributed by atoms with E-state index >= 15 is 0 Å². The van der Waals surface area contributed by atoms with Gasteiger partial charge in [-0.2, -0.15) is 5.26 Å². The van der Waals surface area contributed by atoms with Crippen molar-refractivity contribution in [1.29, 1.82) is 5.26 Å². The van der Waals surface area contributed by atoms with Crippen LogP contribution in [0, 0.1) is 23.2 Å². The Kier molecular flexibility index (Phi) is 21.4. The third kappa shape index (κ3) is 15.0. The van der Waals surface area contributed by atoms with E-state index in [-0.39, 0.29) is 89.4 Å². The predicted molar refractivity (Wildman–Crippen MR) is 253 cm³/mol. The summed E-state index contributed by atoms with van der Waals surface area (Å²) in [6.07, 6.45) is 6.91. The number of benzene rings is 3. The molecule has 3 amide bonds. The van der Waals surface area contributed by atoms with Gasteiger partial charge in [0.15, 0.2) is 17.3 Å². The molecule has 1 heterocycles. The van der Waals surface area contributed by atoms with Gasteiger partial charge >= 0.3 is 0 Å². The number of nitrogens with zero attached hydrogens (tertiary/aromatic N) is 2. The first kappa shape index (κ1) is 52.7. The number of primary amides is 1. The molecule has 4 bridgehead atoms. The van der Waals surface area contributed by atoms with Gasteiger partial charge in [0.25, 0.3) is 0 Å². The summed E-state index contributed by atoms with van der Waals surface area (Å²) in [6.45, 7) is 4.55. The van der Waals surface area contributed by atoms with Gasteiger partial charge < -0.3 is 42.6 Å². The van der Waals surface area contributed by atoms with Crippen LogP contribution in [0.5, 0.6) is 11.5 Å². The van der Waals surface area contributed by atoms with Gasteiger partial charge in [0.2, 0.25) is 17.7 Å². The number of hydrogen-bond donors (Lipinski definition) is 5. The normalized spacial score (nSPS) is 16.6. The van der Waals surface area contributed by atoms with Crippen molar-refractivity contribution in [3.8, 4) is 28.7 Å². The summed E-state index contributed by atoms with van der Waals surface area (Å²) in [6, 6.07) is 15.6. The standard InChI is InChI=1S/C51H69N7O8/c1-4-5-6-7-8-9-11-34-13-16-39(38(27-34)32-48(56)62)44(60)31-37(19-21-53)51(64)58(3)49-36-15-18-47(66-25-23-55)41(30-36)40-28-35(14-17-46(40)65-24-22-54)29-42(43(59)12-10-20-52)57-50(63)33(2)26-45(49)61/h13-18,27-28,30,33,37,42,49H,4-12,19,21-26,29,31-32,53-55H2,1-3H3,(H2,56,62)(H,57,63)/t33-,37-,42+,49+/m1/s1. The number of carbonyl (C=O) groups excluding carboxylic acids is 6. The van der Waals surface area contributed by atoms with Gasteiger partial charge in [-0.15, -0.1) is 0 Å². The molecule has 0 spiro atoms. The summed E-state index contributed by atoms with van der Waals surface area (Å²) >= 11 is 0. The number of unbranched alkanes of at least 4 members (excludes halogenated alkanes) is 5. The van der Waals surface area contributed by atoms with E-state index in [1.807, 2.05) is 24.3 Å². The van der Waals surface area contributed by atoms with Crippen molar-refractivity contribution in [2.75, 3.05) is 39.9 Å². The van der Waals surface area contributed by atoms with Crippen LogP contribution < -0.4 is 37.7 Å². The molecule has 15 nitrogen and oxygen atoms in total. The van der Waals surface area contributed by atoms with E-state index in [1.165, 1.54) is 31.2 Å². The summed E-state index contributed by atoms with van der Waals surface area (Å²) in [5.41, 5.74) is 27.3.